The maximum absolute atomic E-state index is 12.2. The number of hydrogen-bond donors (Lipinski definition) is 2. The van der Waals surface area contributed by atoms with Gasteiger partial charge >= 0.3 is 6.03 Å². The van der Waals surface area contributed by atoms with E-state index in [4.69, 9.17) is 14.5 Å². The Bertz CT molecular complexity index is 1580. The van der Waals surface area contributed by atoms with E-state index < -0.39 is 12.1 Å². The summed E-state index contributed by atoms with van der Waals surface area (Å²) >= 11 is 0. The number of aromatic nitrogens is 1. The van der Waals surface area contributed by atoms with Gasteiger partial charge in [0.05, 0.1) is 14.2 Å². The van der Waals surface area contributed by atoms with Crippen LogP contribution in [0.1, 0.15) is 42.1 Å². The van der Waals surface area contributed by atoms with Crippen molar-refractivity contribution in [1.82, 2.24) is 25.4 Å². The molecule has 2 aromatic rings. The zero-order chi connectivity index (χ0) is 32.6. The third-order valence-electron chi connectivity index (χ3n) is 8.36. The Balaban J connectivity index is 0.000000266. The van der Waals surface area contributed by atoms with Gasteiger partial charge < -0.3 is 29.5 Å². The molecule has 0 bridgehead atoms. The molecule has 0 radical (unpaired) electrons. The molecule has 1 aromatic carbocycles. The lowest BCUT2D eigenvalue weighted by Gasteiger charge is -2.24. The van der Waals surface area contributed by atoms with Gasteiger partial charge in [-0.1, -0.05) is 19.1 Å². The zero-order valence-corrected chi connectivity index (χ0v) is 26.8. The molecule has 6 rings (SSSR count). The number of aliphatic imine (C=N–C) groups is 1. The molecule has 2 saturated heterocycles. The molecule has 0 aliphatic carbocycles. The summed E-state index contributed by atoms with van der Waals surface area (Å²) in [6, 6.07) is 8.54. The minimum atomic E-state index is -0.685. The maximum Gasteiger partial charge on any atom is 0.322 e. The fraction of sp³-hybridized carbons (Fsp3) is 0.382. The number of imide groups is 1. The van der Waals surface area contributed by atoms with Crippen LogP contribution in [-0.2, 0) is 16.1 Å². The Kier molecular flexibility index (Phi) is 10.4. The number of rotatable bonds is 6. The van der Waals surface area contributed by atoms with Gasteiger partial charge in [0, 0.05) is 69.8 Å². The summed E-state index contributed by atoms with van der Waals surface area (Å²) in [5, 5.41) is 4.98. The number of methoxy groups -OCH3 is 2. The van der Waals surface area contributed by atoms with Crippen LogP contribution in [0, 0.1) is 0 Å². The van der Waals surface area contributed by atoms with Gasteiger partial charge in [-0.15, -0.1) is 0 Å². The van der Waals surface area contributed by atoms with Gasteiger partial charge in [-0.05, 0) is 60.4 Å². The summed E-state index contributed by atoms with van der Waals surface area (Å²) in [6.07, 6.45) is 11.8. The quantitative estimate of drug-likeness (QED) is 0.465. The summed E-state index contributed by atoms with van der Waals surface area (Å²) in [5.74, 6) is 2.08. The molecule has 46 heavy (non-hydrogen) atoms. The number of carbonyl (C=O) groups excluding carboxylic acids is 3. The highest BCUT2D eigenvalue weighted by molar-refractivity contribution is 6.06. The number of nitrogens with one attached hydrogen (secondary N) is 2. The summed E-state index contributed by atoms with van der Waals surface area (Å²) < 4.78 is 10.7. The van der Waals surface area contributed by atoms with E-state index in [-0.39, 0.29) is 11.8 Å². The van der Waals surface area contributed by atoms with Gasteiger partial charge in [-0.2, -0.15) is 0 Å². The number of benzene rings is 1. The highest BCUT2D eigenvalue weighted by Crippen LogP contribution is 2.26. The first-order valence-electron chi connectivity index (χ1n) is 15.5. The van der Waals surface area contributed by atoms with Gasteiger partial charge in [0.15, 0.2) is 0 Å². The monoisotopic (exact) mass is 627 g/mol. The molecule has 1 unspecified atom stereocenters. The second-order valence-corrected chi connectivity index (χ2v) is 11.3. The van der Waals surface area contributed by atoms with E-state index >= 15 is 0 Å². The third kappa shape index (κ3) is 7.39. The molecule has 12 heteroatoms. The second-order valence-electron chi connectivity index (χ2n) is 11.3. The molecule has 12 nitrogen and oxygen atoms in total. The molecule has 242 valence electrons. The van der Waals surface area contributed by atoms with E-state index in [1.165, 1.54) is 5.69 Å². The Labute approximate surface area is 269 Å². The van der Waals surface area contributed by atoms with Gasteiger partial charge in [-0.25, -0.2) is 9.79 Å². The predicted octanol–water partition coefficient (Wildman–Crippen LogP) is 3.64. The van der Waals surface area contributed by atoms with Crippen molar-refractivity contribution >= 4 is 29.4 Å². The van der Waals surface area contributed by atoms with Crippen molar-refractivity contribution in [1.29, 1.82) is 0 Å². The van der Waals surface area contributed by atoms with E-state index in [9.17, 15) is 14.4 Å². The number of hydrogen-bond acceptors (Lipinski definition) is 9. The first kappa shape index (κ1) is 32.3. The van der Waals surface area contributed by atoms with E-state index in [2.05, 4.69) is 31.5 Å². The highest BCUT2D eigenvalue weighted by atomic mass is 16.5. The molecule has 2 N–H and O–H groups in total. The summed E-state index contributed by atoms with van der Waals surface area (Å²) in [4.78, 5) is 50.8. The number of anilines is 1. The van der Waals surface area contributed by atoms with E-state index in [1.54, 1.807) is 32.2 Å². The largest absolute Gasteiger partial charge is 0.499 e. The van der Waals surface area contributed by atoms with Crippen LogP contribution in [0.2, 0.25) is 0 Å². The Morgan fingerprint density at radius 1 is 1.02 bits per heavy atom. The molecule has 2 fully saturated rings. The van der Waals surface area contributed by atoms with Crippen LogP contribution in [0.5, 0.6) is 5.75 Å². The van der Waals surface area contributed by atoms with Crippen LogP contribution in [0.25, 0.3) is 0 Å². The smallest absolute Gasteiger partial charge is 0.322 e. The molecule has 0 saturated carbocycles. The van der Waals surface area contributed by atoms with Gasteiger partial charge in [0.2, 0.25) is 0 Å². The van der Waals surface area contributed by atoms with Crippen LogP contribution in [0.3, 0.4) is 0 Å². The number of nitrogens with zero attached hydrogens (tertiary/aromatic N) is 5. The molecule has 4 aliphatic rings. The lowest BCUT2D eigenvalue weighted by molar-refractivity contribution is -0.119. The number of pyridine rings is 1. The zero-order valence-electron chi connectivity index (χ0n) is 26.8. The fourth-order valence-electron chi connectivity index (χ4n) is 5.83. The first-order chi connectivity index (χ1) is 22.3. The minimum absolute atomic E-state index is 0.0777. The molecule has 0 spiro atoms. The third-order valence-corrected chi connectivity index (χ3v) is 8.36. The van der Waals surface area contributed by atoms with Crippen LogP contribution in [0.15, 0.2) is 83.0 Å². The lowest BCUT2D eigenvalue weighted by atomic mass is 10.0. The Morgan fingerprint density at radius 3 is 2.48 bits per heavy atom. The Hall–Kier alpha value is -5.13. The number of fused-ring (bicyclic) bond motifs is 1. The van der Waals surface area contributed by atoms with Crippen molar-refractivity contribution in [3.05, 3.63) is 89.1 Å². The number of urea groups is 1. The minimum Gasteiger partial charge on any atom is -0.499 e. The van der Waals surface area contributed by atoms with Crippen LogP contribution in [-0.4, -0.2) is 92.0 Å². The normalized spacial score (nSPS) is 19.9. The van der Waals surface area contributed by atoms with E-state index in [0.717, 1.165) is 66.6 Å². The fourth-order valence-corrected chi connectivity index (χ4v) is 5.83. The predicted molar refractivity (Wildman–Crippen MR) is 175 cm³/mol. The standard InChI is InChI=1S/C24H30N6O3.C10H11NO2/c1-3-17(22-23(31)28-24(32)27-22)16-19-20(33-2)6-4-7-21(26-19)30-13-5-12-29(14-15-30)18-8-10-25-11-9-18;1-11-6-7-3-4-8(13-2)5-9(7)10(11)12/h4,7-11,16,22H,3,5-6,12-15H2,1-2H3,(H2,27,28,31,32);3-5H,6H2,1-2H3. The molecular formula is C34H41N7O5. The molecule has 5 heterocycles. The summed E-state index contributed by atoms with van der Waals surface area (Å²) in [5.41, 5.74) is 4.49. The maximum atomic E-state index is 12.2. The topological polar surface area (TPSA) is 129 Å². The second kappa shape index (κ2) is 14.8. The van der Waals surface area contributed by atoms with Gasteiger partial charge in [0.25, 0.3) is 11.8 Å². The first-order valence-corrected chi connectivity index (χ1v) is 15.5. The molecule has 4 aliphatic heterocycles. The lowest BCUT2D eigenvalue weighted by Crippen LogP contribution is -2.34. The van der Waals surface area contributed by atoms with E-state index in [0.29, 0.717) is 25.1 Å². The van der Waals surface area contributed by atoms with Gasteiger partial charge in [-0.3, -0.25) is 19.9 Å². The van der Waals surface area contributed by atoms with Crippen molar-refractivity contribution in [2.75, 3.05) is 52.3 Å². The number of amidine groups is 1. The van der Waals surface area contributed by atoms with Crippen molar-refractivity contribution in [3.8, 4) is 5.75 Å². The average Bonchev–Trinajstić information content (AvgIpc) is 3.33. The Morgan fingerprint density at radius 2 is 1.78 bits per heavy atom. The molecule has 1 aromatic heterocycles. The van der Waals surface area contributed by atoms with Crippen LogP contribution < -0.4 is 20.3 Å². The molecule has 4 amide bonds. The van der Waals surface area contributed by atoms with Crippen LogP contribution in [0.4, 0.5) is 10.5 Å². The number of amides is 4. The van der Waals surface area contributed by atoms with E-state index in [1.807, 2.05) is 55.7 Å². The van der Waals surface area contributed by atoms with Crippen LogP contribution >= 0.6 is 0 Å². The summed E-state index contributed by atoms with van der Waals surface area (Å²) in [6.45, 7) is 6.26. The van der Waals surface area contributed by atoms with Crippen molar-refractivity contribution < 1.29 is 23.9 Å². The SMILES string of the molecule is CCC(=CC1=C(OC)CC=CC(N2CCCN(c3ccncc3)CC2)=N1)C1NC(=O)NC1=O.COc1ccc2c(c1)C(=O)N(C)C2. The molecule has 1 atom stereocenters. The van der Waals surface area contributed by atoms with Crippen molar-refractivity contribution in [3.63, 3.8) is 0 Å². The average molecular weight is 628 g/mol. The number of allylic oxidation sites excluding steroid dienone is 2. The van der Waals surface area contributed by atoms with Crippen molar-refractivity contribution in [2.45, 2.75) is 38.8 Å². The number of carbonyl (C=O) groups is 3. The van der Waals surface area contributed by atoms with Crippen molar-refractivity contribution in [2.24, 2.45) is 4.99 Å². The molecular weight excluding hydrogens is 586 g/mol. The summed E-state index contributed by atoms with van der Waals surface area (Å²) in [7, 11) is 5.03. The number of ether oxygens (including phenoxy) is 2. The van der Waals surface area contributed by atoms with Gasteiger partial charge in [0.1, 0.15) is 29.1 Å². The highest BCUT2D eigenvalue weighted by Gasteiger charge is 2.32.